The van der Waals surface area contributed by atoms with Gasteiger partial charge >= 0.3 is 0 Å². The number of thioether (sulfide) groups is 1. The monoisotopic (exact) mass is 286 g/mol. The minimum Gasteiger partial charge on any atom is -0.312 e. The standard InChI is InChI=1S/C16H34N2S/c1-14-15(2)19-13-12-18(14)11-9-7-6-8-10-17-16(3,4)5/h14-15,17H,6-13H2,1-5H3. The fourth-order valence-electron chi connectivity index (χ4n) is 2.57. The number of unbranched alkanes of at least 4 members (excludes halogenated alkanes) is 3. The van der Waals surface area contributed by atoms with Gasteiger partial charge < -0.3 is 5.32 Å². The van der Waals surface area contributed by atoms with Crippen LogP contribution in [0, 0.1) is 0 Å². The predicted molar refractivity (Wildman–Crippen MR) is 89.2 cm³/mol. The third-order valence-electron chi connectivity index (χ3n) is 4.04. The summed E-state index contributed by atoms with van der Waals surface area (Å²) in [5.74, 6) is 1.32. The first-order valence-electron chi connectivity index (χ1n) is 8.01. The maximum absolute atomic E-state index is 3.56. The van der Waals surface area contributed by atoms with Crippen LogP contribution in [-0.2, 0) is 0 Å². The Kier molecular flexibility index (Phi) is 7.78. The van der Waals surface area contributed by atoms with Crippen molar-refractivity contribution in [2.45, 2.75) is 77.1 Å². The fourth-order valence-corrected chi connectivity index (χ4v) is 3.73. The van der Waals surface area contributed by atoms with Gasteiger partial charge in [-0.1, -0.05) is 19.8 Å². The van der Waals surface area contributed by atoms with E-state index in [9.17, 15) is 0 Å². The Morgan fingerprint density at radius 1 is 1.11 bits per heavy atom. The van der Waals surface area contributed by atoms with Crippen molar-refractivity contribution in [1.82, 2.24) is 10.2 Å². The highest BCUT2D eigenvalue weighted by molar-refractivity contribution is 8.00. The average molecular weight is 287 g/mol. The van der Waals surface area contributed by atoms with Gasteiger partial charge in [0.2, 0.25) is 0 Å². The van der Waals surface area contributed by atoms with Gasteiger partial charge in [0, 0.05) is 29.1 Å². The second kappa shape index (κ2) is 8.53. The second-order valence-electron chi connectivity index (χ2n) is 6.94. The van der Waals surface area contributed by atoms with Crippen LogP contribution in [0.3, 0.4) is 0 Å². The van der Waals surface area contributed by atoms with E-state index in [0.29, 0.717) is 0 Å². The lowest BCUT2D eigenvalue weighted by molar-refractivity contribution is 0.208. The summed E-state index contributed by atoms with van der Waals surface area (Å²) in [7, 11) is 0. The lowest BCUT2D eigenvalue weighted by Crippen LogP contribution is -2.44. The van der Waals surface area contributed by atoms with Gasteiger partial charge in [-0.25, -0.2) is 0 Å². The number of hydrogen-bond acceptors (Lipinski definition) is 3. The van der Waals surface area contributed by atoms with Crippen LogP contribution in [0.15, 0.2) is 0 Å². The molecule has 0 amide bonds. The van der Waals surface area contributed by atoms with Gasteiger partial charge in [-0.2, -0.15) is 11.8 Å². The van der Waals surface area contributed by atoms with Gasteiger partial charge in [0.15, 0.2) is 0 Å². The Morgan fingerprint density at radius 2 is 1.79 bits per heavy atom. The van der Waals surface area contributed by atoms with Gasteiger partial charge in [0.05, 0.1) is 0 Å². The molecule has 0 aromatic carbocycles. The van der Waals surface area contributed by atoms with Crippen LogP contribution in [0.4, 0.5) is 0 Å². The third-order valence-corrected chi connectivity index (χ3v) is 5.38. The van der Waals surface area contributed by atoms with Crippen LogP contribution < -0.4 is 5.32 Å². The summed E-state index contributed by atoms with van der Waals surface area (Å²) in [6.07, 6.45) is 5.45. The summed E-state index contributed by atoms with van der Waals surface area (Å²) in [5, 5.41) is 4.37. The SMILES string of the molecule is CC1SCCN(CCCCCCNC(C)(C)C)C1C. The van der Waals surface area contributed by atoms with E-state index < -0.39 is 0 Å². The van der Waals surface area contributed by atoms with Crippen LogP contribution in [0.5, 0.6) is 0 Å². The summed E-state index contributed by atoms with van der Waals surface area (Å²) in [5.41, 5.74) is 0.275. The van der Waals surface area contributed by atoms with Gasteiger partial charge in [-0.15, -0.1) is 0 Å². The van der Waals surface area contributed by atoms with Crippen molar-refractivity contribution >= 4 is 11.8 Å². The molecule has 1 heterocycles. The molecule has 2 atom stereocenters. The van der Waals surface area contributed by atoms with Crippen LogP contribution in [0.25, 0.3) is 0 Å². The molecule has 0 saturated carbocycles. The molecule has 2 nitrogen and oxygen atoms in total. The highest BCUT2D eigenvalue weighted by Crippen LogP contribution is 2.24. The van der Waals surface area contributed by atoms with E-state index >= 15 is 0 Å². The molecular weight excluding hydrogens is 252 g/mol. The predicted octanol–water partition coefficient (Wildman–Crippen LogP) is 3.76. The molecule has 1 saturated heterocycles. The lowest BCUT2D eigenvalue weighted by atomic mass is 10.1. The van der Waals surface area contributed by atoms with Crippen LogP contribution in [0.2, 0.25) is 0 Å². The minimum absolute atomic E-state index is 0.275. The van der Waals surface area contributed by atoms with Crippen LogP contribution >= 0.6 is 11.8 Å². The number of nitrogens with one attached hydrogen (secondary N) is 1. The van der Waals surface area contributed by atoms with Crippen molar-refractivity contribution < 1.29 is 0 Å². The summed E-state index contributed by atoms with van der Waals surface area (Å²) < 4.78 is 0. The molecule has 1 fully saturated rings. The van der Waals surface area contributed by atoms with E-state index in [1.54, 1.807) is 0 Å². The van der Waals surface area contributed by atoms with Crippen molar-refractivity contribution in [3.8, 4) is 0 Å². The molecule has 0 bridgehead atoms. The first-order chi connectivity index (χ1) is 8.90. The van der Waals surface area contributed by atoms with Crippen LogP contribution in [-0.4, -0.2) is 47.1 Å². The Balaban J connectivity index is 1.99. The van der Waals surface area contributed by atoms with Gasteiger partial charge in [0.25, 0.3) is 0 Å². The summed E-state index contributed by atoms with van der Waals surface area (Å²) in [6, 6.07) is 0.765. The lowest BCUT2D eigenvalue weighted by Gasteiger charge is -2.37. The Bertz CT molecular complexity index is 237. The molecule has 1 rings (SSSR count). The quantitative estimate of drug-likeness (QED) is 0.717. The van der Waals surface area contributed by atoms with Gasteiger partial charge in [0.1, 0.15) is 0 Å². The minimum atomic E-state index is 0.275. The molecular formula is C16H34N2S. The van der Waals surface area contributed by atoms with Gasteiger partial charge in [-0.3, -0.25) is 4.90 Å². The van der Waals surface area contributed by atoms with Crippen LogP contribution in [0.1, 0.15) is 60.3 Å². The zero-order valence-electron chi connectivity index (χ0n) is 13.7. The topological polar surface area (TPSA) is 15.3 Å². The zero-order valence-corrected chi connectivity index (χ0v) is 14.5. The first-order valence-corrected chi connectivity index (χ1v) is 9.06. The number of hydrogen-bond donors (Lipinski definition) is 1. The molecule has 0 aromatic heterocycles. The third kappa shape index (κ3) is 7.57. The molecule has 114 valence electrons. The van der Waals surface area contributed by atoms with E-state index in [1.807, 2.05) is 0 Å². The fraction of sp³-hybridized carbons (Fsp3) is 1.00. The van der Waals surface area contributed by atoms with E-state index in [0.717, 1.165) is 17.8 Å². The van der Waals surface area contributed by atoms with Crippen molar-refractivity contribution in [3.63, 3.8) is 0 Å². The summed E-state index contributed by atoms with van der Waals surface area (Å²) in [6.45, 7) is 15.2. The molecule has 1 aliphatic heterocycles. The molecule has 2 unspecified atom stereocenters. The Labute approximate surface area is 125 Å². The maximum Gasteiger partial charge on any atom is 0.0184 e. The van der Waals surface area contributed by atoms with E-state index in [1.165, 1.54) is 44.5 Å². The van der Waals surface area contributed by atoms with Crippen molar-refractivity contribution in [2.24, 2.45) is 0 Å². The molecule has 1 N–H and O–H groups in total. The first kappa shape index (κ1) is 17.3. The number of rotatable bonds is 7. The molecule has 1 aliphatic rings. The Hall–Kier alpha value is 0.270. The maximum atomic E-state index is 3.56. The van der Waals surface area contributed by atoms with E-state index in [-0.39, 0.29) is 5.54 Å². The van der Waals surface area contributed by atoms with Gasteiger partial charge in [-0.05, 0) is 53.6 Å². The normalized spacial score (nSPS) is 25.7. The number of nitrogens with zero attached hydrogens (tertiary/aromatic N) is 1. The molecule has 0 radical (unpaired) electrons. The highest BCUT2D eigenvalue weighted by atomic mass is 32.2. The second-order valence-corrected chi connectivity index (χ2v) is 8.43. The zero-order chi connectivity index (χ0) is 14.3. The molecule has 3 heteroatoms. The van der Waals surface area contributed by atoms with Crippen molar-refractivity contribution in [1.29, 1.82) is 0 Å². The van der Waals surface area contributed by atoms with E-state index in [2.05, 4.69) is 56.6 Å². The molecule has 19 heavy (non-hydrogen) atoms. The largest absolute Gasteiger partial charge is 0.312 e. The highest BCUT2D eigenvalue weighted by Gasteiger charge is 2.24. The average Bonchev–Trinajstić information content (AvgIpc) is 2.31. The molecule has 0 spiro atoms. The Morgan fingerprint density at radius 3 is 2.47 bits per heavy atom. The van der Waals surface area contributed by atoms with Crippen molar-refractivity contribution in [3.05, 3.63) is 0 Å². The molecule has 0 aromatic rings. The van der Waals surface area contributed by atoms with Crippen molar-refractivity contribution in [2.75, 3.05) is 25.4 Å². The summed E-state index contributed by atoms with van der Waals surface area (Å²) >= 11 is 2.13. The smallest absolute Gasteiger partial charge is 0.0184 e. The van der Waals surface area contributed by atoms with E-state index in [4.69, 9.17) is 0 Å². The summed E-state index contributed by atoms with van der Waals surface area (Å²) in [4.78, 5) is 2.69. The molecule has 0 aliphatic carbocycles.